The van der Waals surface area contributed by atoms with Crippen LogP contribution >= 0.6 is 0 Å². The van der Waals surface area contributed by atoms with Gasteiger partial charge in [-0.15, -0.1) is 0 Å². The van der Waals surface area contributed by atoms with Gasteiger partial charge in [-0.3, -0.25) is 14.5 Å². The van der Waals surface area contributed by atoms with Crippen LogP contribution in [0.2, 0.25) is 0 Å². The first-order valence-electron chi connectivity index (χ1n) is 14.7. The average Bonchev–Trinajstić information content (AvgIpc) is 3.43. The van der Waals surface area contributed by atoms with Crippen molar-refractivity contribution in [1.29, 1.82) is 0 Å². The second-order valence-electron chi connectivity index (χ2n) is 11.4. The number of rotatable bonds is 13. The lowest BCUT2D eigenvalue weighted by Crippen LogP contribution is -2.34. The van der Waals surface area contributed by atoms with E-state index in [9.17, 15) is 14.4 Å². The van der Waals surface area contributed by atoms with E-state index in [0.717, 1.165) is 31.3 Å². The highest BCUT2D eigenvalue weighted by Crippen LogP contribution is 2.40. The fourth-order valence-electron chi connectivity index (χ4n) is 4.56. The Morgan fingerprint density at radius 2 is 1.67 bits per heavy atom. The third kappa shape index (κ3) is 8.06. The van der Waals surface area contributed by atoms with Gasteiger partial charge in [-0.1, -0.05) is 6.58 Å². The van der Waals surface area contributed by atoms with Gasteiger partial charge < -0.3 is 38.7 Å². The van der Waals surface area contributed by atoms with Crippen LogP contribution in [0.1, 0.15) is 36.9 Å². The quantitative estimate of drug-likeness (QED) is 0.0890. The SMILES string of the molecule is C=CC(=O)Nc1cc(OCCOC)ccc1Nc1cc2c(N(C)C(=O)OC(C)(C)C)c(C(=O)c3c(F)c(OC)cc(OC)c3F)oc2cn1. The average molecular weight is 683 g/mol. The predicted octanol–water partition coefficient (Wildman–Crippen LogP) is 6.62. The number of halogens is 2. The van der Waals surface area contributed by atoms with E-state index in [4.69, 9.17) is 28.1 Å². The molecule has 0 fully saturated rings. The number of benzene rings is 2. The van der Waals surface area contributed by atoms with Crippen LogP contribution in [-0.4, -0.2) is 70.0 Å². The lowest BCUT2D eigenvalue weighted by atomic mass is 10.0. The van der Waals surface area contributed by atoms with E-state index < -0.39 is 57.8 Å². The van der Waals surface area contributed by atoms with Crippen molar-refractivity contribution in [3.63, 3.8) is 0 Å². The zero-order valence-corrected chi connectivity index (χ0v) is 28.0. The monoisotopic (exact) mass is 682 g/mol. The van der Waals surface area contributed by atoms with Crippen molar-refractivity contribution in [3.05, 3.63) is 72.1 Å². The summed E-state index contributed by atoms with van der Waals surface area (Å²) in [5.41, 5.74) is -1.44. The maximum absolute atomic E-state index is 15.5. The number of methoxy groups -OCH3 is 3. The highest BCUT2D eigenvalue weighted by Gasteiger charge is 2.34. The Kier molecular flexibility index (Phi) is 11.1. The van der Waals surface area contributed by atoms with Gasteiger partial charge in [0.15, 0.2) is 34.5 Å². The number of ketones is 1. The largest absolute Gasteiger partial charge is 0.494 e. The molecule has 0 aliphatic heterocycles. The highest BCUT2D eigenvalue weighted by molar-refractivity contribution is 6.18. The normalized spacial score (nSPS) is 11.1. The minimum atomic E-state index is -1.30. The van der Waals surface area contributed by atoms with Gasteiger partial charge in [-0.2, -0.15) is 0 Å². The molecule has 13 nitrogen and oxygen atoms in total. The molecule has 0 unspecified atom stereocenters. The summed E-state index contributed by atoms with van der Waals surface area (Å²) in [6.07, 6.45) is 1.46. The van der Waals surface area contributed by atoms with Crippen molar-refractivity contribution in [2.45, 2.75) is 26.4 Å². The van der Waals surface area contributed by atoms with Gasteiger partial charge in [0.2, 0.25) is 11.7 Å². The Morgan fingerprint density at radius 1 is 1.00 bits per heavy atom. The second-order valence-corrected chi connectivity index (χ2v) is 11.4. The summed E-state index contributed by atoms with van der Waals surface area (Å²) in [5, 5.41) is 5.94. The first kappa shape index (κ1) is 36.1. The van der Waals surface area contributed by atoms with Gasteiger partial charge in [0, 0.05) is 26.3 Å². The van der Waals surface area contributed by atoms with E-state index in [1.54, 1.807) is 39.0 Å². The van der Waals surface area contributed by atoms with E-state index in [0.29, 0.717) is 23.7 Å². The Bertz CT molecular complexity index is 1870. The van der Waals surface area contributed by atoms with E-state index >= 15 is 8.78 Å². The standard InChI is InChI=1S/C34H36F2N4O9/c1-9-26(41)39-21-14-18(47-13-12-44-6)10-11-20(21)38-25-15-19-24(17-37-25)48-32(30(19)40(5)33(43)49-34(2,3)4)31(42)27-28(35)22(45-7)16-23(46-8)29(27)36/h9-11,14-17H,1,12-13H2,2-8H3,(H,37,38)(H,39,41). The number of hydrogen-bond donors (Lipinski definition) is 2. The van der Waals surface area contributed by atoms with E-state index in [-0.39, 0.29) is 29.1 Å². The van der Waals surface area contributed by atoms with Gasteiger partial charge >= 0.3 is 6.09 Å². The lowest BCUT2D eigenvalue weighted by molar-refractivity contribution is -0.111. The molecule has 0 bridgehead atoms. The molecule has 4 rings (SSSR count). The van der Waals surface area contributed by atoms with Crippen LogP contribution in [0, 0.1) is 11.6 Å². The number of carbonyl (C=O) groups excluding carboxylic acids is 3. The molecular formula is C34H36F2N4O9. The fraction of sp³-hybridized carbons (Fsp3) is 0.294. The Hall–Kier alpha value is -5.70. The number of carbonyl (C=O) groups is 3. The molecule has 2 aromatic heterocycles. The number of nitrogens with one attached hydrogen (secondary N) is 2. The van der Waals surface area contributed by atoms with Gasteiger partial charge in [0.1, 0.15) is 35.0 Å². The van der Waals surface area contributed by atoms with Crippen LogP contribution in [0.4, 0.5) is 36.5 Å². The predicted molar refractivity (Wildman–Crippen MR) is 177 cm³/mol. The van der Waals surface area contributed by atoms with Crippen molar-refractivity contribution in [3.8, 4) is 17.2 Å². The molecule has 0 aliphatic carbocycles. The number of fused-ring (bicyclic) bond motifs is 1. The number of ether oxygens (including phenoxy) is 5. The Morgan fingerprint density at radius 3 is 2.27 bits per heavy atom. The van der Waals surface area contributed by atoms with Gasteiger partial charge in [0.25, 0.3) is 0 Å². The minimum absolute atomic E-state index is 0.00272. The molecule has 0 aliphatic rings. The molecule has 2 heterocycles. The minimum Gasteiger partial charge on any atom is -0.494 e. The van der Waals surface area contributed by atoms with Gasteiger partial charge in [0.05, 0.1) is 43.8 Å². The van der Waals surface area contributed by atoms with E-state index in [1.807, 2.05) is 0 Å². The summed E-state index contributed by atoms with van der Waals surface area (Å²) in [6, 6.07) is 7.28. The van der Waals surface area contributed by atoms with Crippen molar-refractivity contribution in [2.24, 2.45) is 0 Å². The number of furan rings is 1. The first-order chi connectivity index (χ1) is 23.2. The fourth-order valence-corrected chi connectivity index (χ4v) is 4.56. The van der Waals surface area contributed by atoms with Crippen LogP contribution < -0.4 is 29.7 Å². The topological polar surface area (TPSA) is 151 Å². The van der Waals surface area contributed by atoms with Crippen LogP contribution in [0.15, 0.2) is 53.6 Å². The molecule has 49 heavy (non-hydrogen) atoms. The molecule has 15 heteroatoms. The van der Waals surface area contributed by atoms with Crippen molar-refractivity contribution >= 4 is 51.6 Å². The lowest BCUT2D eigenvalue weighted by Gasteiger charge is -2.24. The Labute approximate surface area is 280 Å². The molecule has 260 valence electrons. The summed E-state index contributed by atoms with van der Waals surface area (Å²) >= 11 is 0. The molecule has 2 aromatic carbocycles. The van der Waals surface area contributed by atoms with Crippen molar-refractivity contribution < 1.29 is 51.3 Å². The zero-order chi connectivity index (χ0) is 36.0. The zero-order valence-electron chi connectivity index (χ0n) is 28.0. The maximum atomic E-state index is 15.5. The number of aromatic nitrogens is 1. The molecule has 0 radical (unpaired) electrons. The molecule has 0 saturated carbocycles. The molecule has 2 amide bonds. The number of nitrogens with zero attached hydrogens (tertiary/aromatic N) is 2. The highest BCUT2D eigenvalue weighted by atomic mass is 19.1. The van der Waals surface area contributed by atoms with Crippen molar-refractivity contribution in [1.82, 2.24) is 4.98 Å². The summed E-state index contributed by atoms with van der Waals surface area (Å²) in [4.78, 5) is 44.8. The molecule has 0 atom stereocenters. The summed E-state index contributed by atoms with van der Waals surface area (Å²) in [6.45, 7) is 9.04. The first-order valence-corrected chi connectivity index (χ1v) is 14.7. The summed E-state index contributed by atoms with van der Waals surface area (Å²) in [7, 11) is 5.14. The smallest absolute Gasteiger partial charge is 0.414 e. The van der Waals surface area contributed by atoms with Gasteiger partial charge in [-0.05, 0) is 45.0 Å². The van der Waals surface area contributed by atoms with Crippen LogP contribution in [0.5, 0.6) is 17.2 Å². The molecule has 4 aromatic rings. The number of pyridine rings is 1. The molecule has 0 saturated heterocycles. The molecule has 2 N–H and O–H groups in total. The molecular weight excluding hydrogens is 646 g/mol. The number of hydrogen-bond acceptors (Lipinski definition) is 11. The summed E-state index contributed by atoms with van der Waals surface area (Å²) < 4.78 is 62.9. The van der Waals surface area contributed by atoms with E-state index in [1.165, 1.54) is 26.4 Å². The van der Waals surface area contributed by atoms with Gasteiger partial charge in [-0.25, -0.2) is 18.6 Å². The third-order valence-corrected chi connectivity index (χ3v) is 6.81. The van der Waals surface area contributed by atoms with Crippen LogP contribution in [-0.2, 0) is 14.3 Å². The number of amides is 2. The molecule has 0 spiro atoms. The summed E-state index contributed by atoms with van der Waals surface area (Å²) in [5.74, 6) is -5.23. The maximum Gasteiger partial charge on any atom is 0.414 e. The van der Waals surface area contributed by atoms with Crippen LogP contribution in [0.3, 0.4) is 0 Å². The van der Waals surface area contributed by atoms with Crippen molar-refractivity contribution in [2.75, 3.05) is 57.1 Å². The van der Waals surface area contributed by atoms with E-state index in [2.05, 4.69) is 22.2 Å². The second kappa shape index (κ2) is 15.0. The Balaban J connectivity index is 1.87. The third-order valence-electron chi connectivity index (χ3n) is 6.81. The van der Waals surface area contributed by atoms with Crippen LogP contribution in [0.25, 0.3) is 11.0 Å². The number of anilines is 4.